The molecule has 7 heteroatoms. The number of hydrogen-bond donors (Lipinski definition) is 3. The molecule has 1 aliphatic carbocycles. The lowest BCUT2D eigenvalue weighted by Gasteiger charge is -2.20. The summed E-state index contributed by atoms with van der Waals surface area (Å²) in [6.07, 6.45) is 0.258. The van der Waals surface area contributed by atoms with Gasteiger partial charge in [-0.2, -0.15) is 0 Å². The number of carboxylic acid groups (broad SMARTS) is 1. The lowest BCUT2D eigenvalue weighted by Crippen LogP contribution is -2.45. The maximum atomic E-state index is 12.5. The van der Waals surface area contributed by atoms with Gasteiger partial charge in [0.25, 0.3) is 0 Å². The number of alkyl carbamates (subject to hydrolysis) is 1. The van der Waals surface area contributed by atoms with Gasteiger partial charge in [-0.15, -0.1) is 0 Å². The Morgan fingerprint density at radius 1 is 0.970 bits per heavy atom. The number of nitrogens with one attached hydrogen (secondary N) is 2. The third kappa shape index (κ3) is 6.12. The van der Waals surface area contributed by atoms with Crippen LogP contribution in [-0.4, -0.2) is 41.8 Å². The minimum absolute atomic E-state index is 0.0113. The van der Waals surface area contributed by atoms with Crippen LogP contribution in [0.15, 0.2) is 48.5 Å². The molecule has 3 rings (SSSR count). The molecule has 0 bridgehead atoms. The Morgan fingerprint density at radius 2 is 1.55 bits per heavy atom. The standard InChI is InChI=1S/C26H32N2O5/c1-4-17(14-24(29)28-23(25(30)31)13-16(2)3)27-26(32)33-15-22-20-11-7-5-9-18(20)19-10-6-8-12-21(19)22/h5-12,16-17,22-23H,4,13-15H2,1-3H3,(H,27,32)(H,28,29)(H,30,31). The van der Waals surface area contributed by atoms with Gasteiger partial charge in [-0.3, -0.25) is 4.79 Å². The van der Waals surface area contributed by atoms with Gasteiger partial charge in [0.05, 0.1) is 0 Å². The summed E-state index contributed by atoms with van der Waals surface area (Å²) in [4.78, 5) is 36.2. The second-order valence-electron chi connectivity index (χ2n) is 8.87. The van der Waals surface area contributed by atoms with Gasteiger partial charge in [-0.25, -0.2) is 9.59 Å². The molecule has 0 fully saturated rings. The first kappa shape index (κ1) is 24.3. The van der Waals surface area contributed by atoms with Crippen molar-refractivity contribution in [3.63, 3.8) is 0 Å². The summed E-state index contributed by atoms with van der Waals surface area (Å²) < 4.78 is 5.55. The van der Waals surface area contributed by atoms with E-state index in [9.17, 15) is 19.5 Å². The average molecular weight is 453 g/mol. The molecule has 0 radical (unpaired) electrons. The summed E-state index contributed by atoms with van der Waals surface area (Å²) in [5.41, 5.74) is 4.56. The average Bonchev–Trinajstić information content (AvgIpc) is 3.10. The summed E-state index contributed by atoms with van der Waals surface area (Å²) in [6, 6.07) is 14.8. The number of benzene rings is 2. The lowest BCUT2D eigenvalue weighted by atomic mass is 9.98. The SMILES string of the molecule is CCC(CC(=O)NC(CC(C)C)C(=O)O)NC(=O)OCC1c2ccccc2-c2ccccc21. The van der Waals surface area contributed by atoms with Crippen molar-refractivity contribution in [3.05, 3.63) is 59.7 Å². The highest BCUT2D eigenvalue weighted by atomic mass is 16.5. The Hall–Kier alpha value is -3.35. The quantitative estimate of drug-likeness (QED) is 0.498. The van der Waals surface area contributed by atoms with Crippen LogP contribution in [0.5, 0.6) is 0 Å². The van der Waals surface area contributed by atoms with Gasteiger partial charge in [0.2, 0.25) is 5.91 Å². The summed E-state index contributed by atoms with van der Waals surface area (Å²) in [6.45, 7) is 5.84. The molecule has 2 atom stereocenters. The van der Waals surface area contributed by atoms with Crippen LogP contribution in [0.3, 0.4) is 0 Å². The van der Waals surface area contributed by atoms with Crippen molar-refractivity contribution in [3.8, 4) is 11.1 Å². The lowest BCUT2D eigenvalue weighted by molar-refractivity contribution is -0.142. The van der Waals surface area contributed by atoms with Gasteiger partial charge in [-0.05, 0) is 41.0 Å². The Bertz CT molecular complexity index is 958. The molecule has 0 spiro atoms. The first-order chi connectivity index (χ1) is 15.8. The normalized spacial score (nSPS) is 14.2. The molecule has 0 saturated heterocycles. The predicted molar refractivity (Wildman–Crippen MR) is 126 cm³/mol. The van der Waals surface area contributed by atoms with Crippen molar-refractivity contribution in [1.82, 2.24) is 10.6 Å². The zero-order valence-electron chi connectivity index (χ0n) is 19.3. The highest BCUT2D eigenvalue weighted by Gasteiger charge is 2.29. The van der Waals surface area contributed by atoms with Crippen LogP contribution in [0.4, 0.5) is 4.79 Å². The third-order valence-corrected chi connectivity index (χ3v) is 5.93. The molecule has 176 valence electrons. The molecule has 1 aliphatic rings. The van der Waals surface area contributed by atoms with Crippen LogP contribution in [0.2, 0.25) is 0 Å². The first-order valence-corrected chi connectivity index (χ1v) is 11.4. The van der Waals surface area contributed by atoms with Crippen molar-refractivity contribution in [2.24, 2.45) is 5.92 Å². The maximum Gasteiger partial charge on any atom is 0.407 e. The van der Waals surface area contributed by atoms with Crippen LogP contribution in [-0.2, 0) is 14.3 Å². The number of ether oxygens (including phenoxy) is 1. The molecule has 3 N–H and O–H groups in total. The topological polar surface area (TPSA) is 105 Å². The van der Waals surface area contributed by atoms with Gasteiger partial charge >= 0.3 is 12.1 Å². The first-order valence-electron chi connectivity index (χ1n) is 11.4. The van der Waals surface area contributed by atoms with Crippen LogP contribution in [0.1, 0.15) is 57.1 Å². The van der Waals surface area contributed by atoms with E-state index in [0.717, 1.165) is 22.3 Å². The fraction of sp³-hybridized carbons (Fsp3) is 0.423. The molecule has 0 aromatic heterocycles. The number of rotatable bonds is 10. The number of aliphatic carboxylic acids is 1. The number of hydrogen-bond acceptors (Lipinski definition) is 4. The molecule has 33 heavy (non-hydrogen) atoms. The van der Waals surface area contributed by atoms with Gasteiger partial charge in [0.15, 0.2) is 0 Å². The van der Waals surface area contributed by atoms with Gasteiger partial charge in [0.1, 0.15) is 12.6 Å². The number of carboxylic acids is 1. The highest BCUT2D eigenvalue weighted by Crippen LogP contribution is 2.44. The van der Waals surface area contributed by atoms with Gasteiger partial charge < -0.3 is 20.5 Å². The summed E-state index contributed by atoms with van der Waals surface area (Å²) in [5, 5.41) is 14.6. The minimum atomic E-state index is -1.06. The van der Waals surface area contributed by atoms with E-state index in [1.807, 2.05) is 45.0 Å². The second kappa shape index (κ2) is 11.0. The fourth-order valence-electron chi connectivity index (χ4n) is 4.27. The van der Waals surface area contributed by atoms with Crippen LogP contribution in [0, 0.1) is 5.92 Å². The highest BCUT2D eigenvalue weighted by molar-refractivity contribution is 5.84. The van der Waals surface area contributed by atoms with E-state index < -0.39 is 30.1 Å². The molecule has 2 unspecified atom stereocenters. The smallest absolute Gasteiger partial charge is 0.407 e. The number of carbonyl (C=O) groups is 3. The van der Waals surface area contributed by atoms with E-state index in [0.29, 0.717) is 12.8 Å². The van der Waals surface area contributed by atoms with E-state index >= 15 is 0 Å². The molecule has 0 saturated carbocycles. The fourth-order valence-corrected chi connectivity index (χ4v) is 4.27. The largest absolute Gasteiger partial charge is 0.480 e. The molecular weight excluding hydrogens is 420 g/mol. The van der Waals surface area contributed by atoms with Crippen LogP contribution >= 0.6 is 0 Å². The second-order valence-corrected chi connectivity index (χ2v) is 8.87. The molecule has 7 nitrogen and oxygen atoms in total. The summed E-state index contributed by atoms with van der Waals surface area (Å²) in [7, 11) is 0. The molecular formula is C26H32N2O5. The van der Waals surface area contributed by atoms with Crippen molar-refractivity contribution in [1.29, 1.82) is 0 Å². The van der Waals surface area contributed by atoms with Crippen molar-refractivity contribution in [2.75, 3.05) is 6.61 Å². The molecule has 2 amide bonds. The van der Waals surface area contributed by atoms with Crippen LogP contribution < -0.4 is 10.6 Å². The maximum absolute atomic E-state index is 12.5. The monoisotopic (exact) mass is 452 g/mol. The van der Waals surface area contributed by atoms with Gasteiger partial charge in [-0.1, -0.05) is 69.3 Å². The molecule has 2 aromatic carbocycles. The number of carbonyl (C=O) groups excluding carboxylic acids is 2. The van der Waals surface area contributed by atoms with E-state index in [1.54, 1.807) is 0 Å². The number of fused-ring (bicyclic) bond motifs is 3. The Kier molecular flexibility index (Phi) is 8.09. The molecule has 0 heterocycles. The summed E-state index contributed by atoms with van der Waals surface area (Å²) >= 11 is 0. The molecule has 0 aliphatic heterocycles. The summed E-state index contributed by atoms with van der Waals surface area (Å²) in [5.74, 6) is -1.38. The minimum Gasteiger partial charge on any atom is -0.480 e. The Labute approximate surface area is 194 Å². The van der Waals surface area contributed by atoms with Crippen LogP contribution in [0.25, 0.3) is 11.1 Å². The Morgan fingerprint density at radius 3 is 2.06 bits per heavy atom. The van der Waals surface area contributed by atoms with E-state index in [2.05, 4.69) is 34.9 Å². The van der Waals surface area contributed by atoms with E-state index in [-0.39, 0.29) is 24.9 Å². The Balaban J connectivity index is 1.55. The van der Waals surface area contributed by atoms with E-state index in [4.69, 9.17) is 4.74 Å². The predicted octanol–water partition coefficient (Wildman–Crippen LogP) is 4.31. The van der Waals surface area contributed by atoms with E-state index in [1.165, 1.54) is 0 Å². The molecule has 2 aromatic rings. The third-order valence-electron chi connectivity index (χ3n) is 5.93. The van der Waals surface area contributed by atoms with Gasteiger partial charge in [0, 0.05) is 18.4 Å². The van der Waals surface area contributed by atoms with Crippen molar-refractivity contribution < 1.29 is 24.2 Å². The zero-order valence-corrected chi connectivity index (χ0v) is 19.3. The van der Waals surface area contributed by atoms with Crippen molar-refractivity contribution >= 4 is 18.0 Å². The zero-order chi connectivity index (χ0) is 24.0. The van der Waals surface area contributed by atoms with Crippen molar-refractivity contribution in [2.45, 2.75) is 58.0 Å². The number of amides is 2.